The number of hydrogen-bond acceptors (Lipinski definition) is 5. The fourth-order valence-electron chi connectivity index (χ4n) is 1.89. The zero-order valence-electron chi connectivity index (χ0n) is 11.5. The van der Waals surface area contributed by atoms with Gasteiger partial charge in [0.05, 0.1) is 4.92 Å². The van der Waals surface area contributed by atoms with Crippen LogP contribution >= 0.6 is 0 Å². The summed E-state index contributed by atoms with van der Waals surface area (Å²) in [5.41, 5.74) is 0.444. The topological polar surface area (TPSA) is 80.1 Å². The maximum atomic E-state index is 13.5. The van der Waals surface area contributed by atoms with E-state index < -0.39 is 4.92 Å². The second kappa shape index (κ2) is 6.65. The van der Waals surface area contributed by atoms with Crippen molar-refractivity contribution in [3.05, 3.63) is 57.9 Å². The largest absolute Gasteiger partial charge is 0.373 e. The Morgan fingerprint density at radius 2 is 2.05 bits per heavy atom. The molecule has 2 aromatic rings. The zero-order chi connectivity index (χ0) is 15.2. The van der Waals surface area contributed by atoms with Crippen LogP contribution in [0.25, 0.3) is 0 Å². The van der Waals surface area contributed by atoms with Crippen molar-refractivity contribution in [3.63, 3.8) is 0 Å². The normalized spacial score (nSPS) is 10.2. The first kappa shape index (κ1) is 14.7. The maximum Gasteiger partial charge on any atom is 0.311 e. The number of pyridine rings is 1. The quantitative estimate of drug-likeness (QED) is 0.631. The van der Waals surface area contributed by atoms with E-state index >= 15 is 0 Å². The van der Waals surface area contributed by atoms with Crippen molar-refractivity contribution >= 4 is 17.3 Å². The van der Waals surface area contributed by atoms with Crippen molar-refractivity contribution < 1.29 is 9.31 Å². The number of nitro groups is 1. The number of halogens is 1. The number of hydrogen-bond donors (Lipinski definition) is 2. The smallest absolute Gasteiger partial charge is 0.311 e. The number of nitrogens with one attached hydrogen (secondary N) is 2. The summed E-state index contributed by atoms with van der Waals surface area (Å²) in [5, 5.41) is 16.7. The lowest BCUT2D eigenvalue weighted by Crippen LogP contribution is -2.10. The van der Waals surface area contributed by atoms with Crippen molar-refractivity contribution in [1.82, 2.24) is 4.98 Å². The van der Waals surface area contributed by atoms with Crippen LogP contribution in [0.15, 0.2) is 36.4 Å². The third-order valence-corrected chi connectivity index (χ3v) is 2.97. The van der Waals surface area contributed by atoms with Crippen molar-refractivity contribution in [2.24, 2.45) is 0 Å². The predicted molar refractivity (Wildman–Crippen MR) is 79.0 cm³/mol. The van der Waals surface area contributed by atoms with Crippen molar-refractivity contribution in [2.75, 3.05) is 24.2 Å². The summed E-state index contributed by atoms with van der Waals surface area (Å²) in [4.78, 5) is 14.6. The van der Waals surface area contributed by atoms with Gasteiger partial charge in [-0.25, -0.2) is 9.37 Å². The molecule has 0 aliphatic heterocycles. The van der Waals surface area contributed by atoms with E-state index in [1.165, 1.54) is 18.2 Å². The molecule has 6 nitrogen and oxygen atoms in total. The Morgan fingerprint density at radius 1 is 1.29 bits per heavy atom. The summed E-state index contributed by atoms with van der Waals surface area (Å²) in [6.45, 7) is 0.349. The Bertz CT molecular complexity index is 649. The molecule has 2 rings (SSSR count). The minimum atomic E-state index is -0.502. The lowest BCUT2D eigenvalue weighted by Gasteiger charge is -2.08. The van der Waals surface area contributed by atoms with Crippen LogP contribution in [0.1, 0.15) is 5.56 Å². The maximum absolute atomic E-state index is 13.5. The minimum Gasteiger partial charge on any atom is -0.373 e. The molecule has 0 bridgehead atoms. The fraction of sp³-hybridized carbons (Fsp3) is 0.214. The van der Waals surface area contributed by atoms with Gasteiger partial charge in [0, 0.05) is 19.7 Å². The molecule has 7 heteroatoms. The van der Waals surface area contributed by atoms with Gasteiger partial charge in [0.1, 0.15) is 11.6 Å². The molecule has 1 aromatic carbocycles. The van der Waals surface area contributed by atoms with Crippen molar-refractivity contribution in [2.45, 2.75) is 6.42 Å². The molecule has 21 heavy (non-hydrogen) atoms. The van der Waals surface area contributed by atoms with E-state index in [9.17, 15) is 14.5 Å². The van der Waals surface area contributed by atoms with Crippen LogP contribution in [0.5, 0.6) is 0 Å². The third-order valence-electron chi connectivity index (χ3n) is 2.97. The molecule has 110 valence electrons. The monoisotopic (exact) mass is 290 g/mol. The molecular formula is C14H15FN4O2. The average Bonchev–Trinajstić information content (AvgIpc) is 2.48. The van der Waals surface area contributed by atoms with Gasteiger partial charge in [-0.15, -0.1) is 0 Å². The van der Waals surface area contributed by atoms with Gasteiger partial charge >= 0.3 is 5.69 Å². The van der Waals surface area contributed by atoms with Gasteiger partial charge in [0.25, 0.3) is 0 Å². The molecule has 0 aliphatic rings. The minimum absolute atomic E-state index is 0.109. The Kier molecular flexibility index (Phi) is 4.65. The first-order valence-corrected chi connectivity index (χ1v) is 6.42. The summed E-state index contributed by atoms with van der Waals surface area (Å²) in [7, 11) is 1.68. The predicted octanol–water partition coefficient (Wildman–Crippen LogP) is 2.83. The van der Waals surface area contributed by atoms with Gasteiger partial charge in [-0.3, -0.25) is 10.1 Å². The van der Waals surface area contributed by atoms with Gasteiger partial charge in [0.15, 0.2) is 0 Å². The molecule has 0 saturated heterocycles. The number of anilines is 2. The molecule has 0 amide bonds. The van der Waals surface area contributed by atoms with Crippen molar-refractivity contribution in [1.29, 1.82) is 0 Å². The molecule has 1 heterocycles. The summed E-state index contributed by atoms with van der Waals surface area (Å²) < 4.78 is 13.5. The first-order valence-electron chi connectivity index (χ1n) is 6.42. The second-order valence-electron chi connectivity index (χ2n) is 4.34. The molecule has 0 fully saturated rings. The highest BCUT2D eigenvalue weighted by atomic mass is 19.1. The van der Waals surface area contributed by atoms with Gasteiger partial charge < -0.3 is 10.6 Å². The molecule has 2 N–H and O–H groups in total. The summed E-state index contributed by atoms with van der Waals surface area (Å²) in [6, 6.07) is 9.35. The van der Waals surface area contributed by atoms with E-state index in [2.05, 4.69) is 15.6 Å². The summed E-state index contributed by atoms with van der Waals surface area (Å²) in [5.74, 6) is 0.405. The van der Waals surface area contributed by atoms with Gasteiger partial charge in [-0.2, -0.15) is 0 Å². The Morgan fingerprint density at radius 3 is 2.71 bits per heavy atom. The van der Waals surface area contributed by atoms with Crippen LogP contribution in [0, 0.1) is 15.9 Å². The molecule has 0 spiro atoms. The highest BCUT2D eigenvalue weighted by Crippen LogP contribution is 2.23. The molecule has 0 saturated carbocycles. The van der Waals surface area contributed by atoms with Crippen LogP contribution in [-0.2, 0) is 6.42 Å². The number of rotatable bonds is 6. The number of benzene rings is 1. The van der Waals surface area contributed by atoms with Gasteiger partial charge in [-0.1, -0.05) is 18.2 Å². The van der Waals surface area contributed by atoms with E-state index in [4.69, 9.17) is 0 Å². The van der Waals surface area contributed by atoms with E-state index in [0.717, 1.165) is 0 Å². The van der Waals surface area contributed by atoms with Crippen LogP contribution in [0.4, 0.5) is 21.7 Å². The molecule has 1 aromatic heterocycles. The molecule has 0 radical (unpaired) electrons. The zero-order valence-corrected chi connectivity index (χ0v) is 11.5. The third kappa shape index (κ3) is 3.65. The van der Waals surface area contributed by atoms with Crippen LogP contribution in [0.2, 0.25) is 0 Å². The fourth-order valence-corrected chi connectivity index (χ4v) is 1.89. The SMILES string of the molecule is CNc1ccc([N+](=O)[O-])c(NCCc2ccccc2F)n1. The summed E-state index contributed by atoms with van der Waals surface area (Å²) >= 11 is 0. The highest BCUT2D eigenvalue weighted by molar-refractivity contribution is 5.60. The lowest BCUT2D eigenvalue weighted by molar-refractivity contribution is -0.384. The standard InChI is InChI=1S/C14H15FN4O2/c1-16-13-7-6-12(19(20)21)14(18-13)17-9-8-10-4-2-3-5-11(10)15/h2-7H,8-9H2,1H3,(H2,16,17,18). The molecule has 0 atom stereocenters. The second-order valence-corrected chi connectivity index (χ2v) is 4.34. The lowest BCUT2D eigenvalue weighted by atomic mass is 10.1. The van der Waals surface area contributed by atoms with E-state index in [-0.39, 0.29) is 17.3 Å². The number of nitrogens with zero attached hydrogens (tertiary/aromatic N) is 2. The van der Waals surface area contributed by atoms with Gasteiger partial charge in [-0.05, 0) is 24.1 Å². The first-order chi connectivity index (χ1) is 10.1. The van der Waals surface area contributed by atoms with Crippen molar-refractivity contribution in [3.8, 4) is 0 Å². The van der Waals surface area contributed by atoms with E-state index in [1.807, 2.05) is 0 Å². The average molecular weight is 290 g/mol. The molecule has 0 unspecified atom stereocenters. The van der Waals surface area contributed by atoms with Gasteiger partial charge in [0.2, 0.25) is 5.82 Å². The van der Waals surface area contributed by atoms with Crippen LogP contribution in [-0.4, -0.2) is 23.5 Å². The van der Waals surface area contributed by atoms with Crippen LogP contribution in [0.3, 0.4) is 0 Å². The van der Waals surface area contributed by atoms with E-state index in [1.54, 1.807) is 25.2 Å². The Balaban J connectivity index is 2.08. The molecule has 0 aliphatic carbocycles. The van der Waals surface area contributed by atoms with E-state index in [0.29, 0.717) is 24.3 Å². The Hall–Kier alpha value is -2.70. The summed E-state index contributed by atoms with van der Waals surface area (Å²) in [6.07, 6.45) is 0.412. The van der Waals surface area contributed by atoms with Crippen LogP contribution < -0.4 is 10.6 Å². The molecular weight excluding hydrogens is 275 g/mol. The highest BCUT2D eigenvalue weighted by Gasteiger charge is 2.15. The number of aromatic nitrogens is 1. The Labute approximate surface area is 121 Å².